The highest BCUT2D eigenvalue weighted by atomic mass is 16.7. The predicted molar refractivity (Wildman–Crippen MR) is 41.2 cm³/mol. The quantitative estimate of drug-likeness (QED) is 0.305. The highest BCUT2D eigenvalue weighted by Gasteiger charge is 2.21. The van der Waals surface area contributed by atoms with Crippen molar-refractivity contribution in [3.8, 4) is 5.75 Å². The molecule has 0 spiro atoms. The average Bonchev–Trinajstić information content (AvgIpc) is 2.52. The van der Waals surface area contributed by atoms with Crippen LogP contribution in [0.4, 0.5) is 5.88 Å². The van der Waals surface area contributed by atoms with E-state index >= 15 is 0 Å². The van der Waals surface area contributed by atoms with Crippen molar-refractivity contribution in [2.24, 2.45) is 0 Å². The molecule has 0 unspecified atom stereocenters. The van der Waals surface area contributed by atoms with Crippen LogP contribution in [0, 0.1) is 10.1 Å². The minimum atomic E-state index is -0.786. The van der Waals surface area contributed by atoms with Crippen molar-refractivity contribution < 1.29 is 18.9 Å². The van der Waals surface area contributed by atoms with Crippen LogP contribution in [-0.2, 0) is 4.79 Å². The number of ether oxygens (including phenoxy) is 1. The summed E-state index contributed by atoms with van der Waals surface area (Å²) in [6.07, 6.45) is 1.96. The van der Waals surface area contributed by atoms with Gasteiger partial charge in [0.15, 0.2) is 0 Å². The number of hydrogen-bond acceptors (Lipinski definition) is 5. The molecule has 0 bridgehead atoms. The van der Waals surface area contributed by atoms with Gasteiger partial charge < -0.3 is 9.15 Å². The number of carbonyl (C=O) groups excluding carboxylic acids is 1. The van der Waals surface area contributed by atoms with Gasteiger partial charge in [-0.1, -0.05) is 6.58 Å². The molecule has 0 amide bonds. The summed E-state index contributed by atoms with van der Waals surface area (Å²) in [7, 11) is 0. The molecular weight excluding hydrogens is 178 g/mol. The summed E-state index contributed by atoms with van der Waals surface area (Å²) < 4.78 is 8.96. The van der Waals surface area contributed by atoms with E-state index in [1.807, 2.05) is 0 Å². The lowest BCUT2D eigenvalue weighted by molar-refractivity contribution is -0.403. The van der Waals surface area contributed by atoms with Gasteiger partial charge >= 0.3 is 11.9 Å². The van der Waals surface area contributed by atoms with E-state index in [4.69, 9.17) is 0 Å². The van der Waals surface area contributed by atoms with Gasteiger partial charge in [0.25, 0.3) is 5.75 Å². The molecule has 0 atom stereocenters. The van der Waals surface area contributed by atoms with Crippen LogP contribution in [0.3, 0.4) is 0 Å². The lowest BCUT2D eigenvalue weighted by Gasteiger charge is -1.94. The summed E-state index contributed by atoms with van der Waals surface area (Å²) in [6.45, 7) is 3.14. The Balaban J connectivity index is 2.88. The summed E-state index contributed by atoms with van der Waals surface area (Å²) in [4.78, 5) is 20.1. The molecule has 0 aliphatic heterocycles. The van der Waals surface area contributed by atoms with E-state index in [0.717, 1.165) is 12.3 Å². The third-order valence-corrected chi connectivity index (χ3v) is 1.15. The van der Waals surface area contributed by atoms with E-state index in [9.17, 15) is 14.9 Å². The van der Waals surface area contributed by atoms with Crippen molar-refractivity contribution in [1.29, 1.82) is 0 Å². The summed E-state index contributed by atoms with van der Waals surface area (Å²) in [6, 6.07) is 1.18. The SMILES string of the molecule is C=CC(=O)Oc1ccoc1[N+](=O)[O-]. The molecule has 0 N–H and O–H groups in total. The molecule has 13 heavy (non-hydrogen) atoms. The van der Waals surface area contributed by atoms with Crippen LogP contribution in [0.25, 0.3) is 0 Å². The Morgan fingerprint density at radius 1 is 1.77 bits per heavy atom. The molecule has 0 aliphatic carbocycles. The van der Waals surface area contributed by atoms with E-state index in [2.05, 4.69) is 15.7 Å². The highest BCUT2D eigenvalue weighted by molar-refractivity contribution is 5.83. The summed E-state index contributed by atoms with van der Waals surface area (Å²) in [5.74, 6) is -1.60. The van der Waals surface area contributed by atoms with Crippen molar-refractivity contribution in [3.05, 3.63) is 35.1 Å². The first kappa shape index (κ1) is 8.98. The highest BCUT2D eigenvalue weighted by Crippen LogP contribution is 2.27. The Hall–Kier alpha value is -2.11. The molecular formula is C7H5NO5. The molecule has 0 aromatic carbocycles. The number of nitrogens with zero attached hydrogens (tertiary/aromatic N) is 1. The number of furan rings is 1. The minimum Gasteiger partial charge on any atom is -0.412 e. The van der Waals surface area contributed by atoms with Crippen LogP contribution in [0.15, 0.2) is 29.4 Å². The number of nitro groups is 1. The Morgan fingerprint density at radius 2 is 2.46 bits per heavy atom. The van der Waals surface area contributed by atoms with Gasteiger partial charge in [-0.2, -0.15) is 0 Å². The zero-order chi connectivity index (χ0) is 9.84. The number of rotatable bonds is 3. The maximum Gasteiger partial charge on any atom is 0.476 e. The van der Waals surface area contributed by atoms with E-state index < -0.39 is 16.8 Å². The largest absolute Gasteiger partial charge is 0.476 e. The second-order valence-electron chi connectivity index (χ2n) is 1.97. The van der Waals surface area contributed by atoms with Crippen molar-refractivity contribution in [2.45, 2.75) is 0 Å². The van der Waals surface area contributed by atoms with Crippen LogP contribution in [0.2, 0.25) is 0 Å². The molecule has 0 aliphatic rings. The average molecular weight is 183 g/mol. The van der Waals surface area contributed by atoms with Crippen LogP contribution >= 0.6 is 0 Å². The maximum atomic E-state index is 10.6. The second kappa shape index (κ2) is 3.53. The first-order chi connectivity index (χ1) is 6.15. The molecule has 6 nitrogen and oxygen atoms in total. The molecule has 0 radical (unpaired) electrons. The van der Waals surface area contributed by atoms with Gasteiger partial charge in [-0.15, -0.1) is 0 Å². The van der Waals surface area contributed by atoms with Crippen LogP contribution in [-0.4, -0.2) is 10.9 Å². The monoisotopic (exact) mass is 183 g/mol. The third kappa shape index (κ3) is 1.92. The van der Waals surface area contributed by atoms with Gasteiger partial charge in [-0.25, -0.2) is 4.79 Å². The van der Waals surface area contributed by atoms with Crippen molar-refractivity contribution in [1.82, 2.24) is 0 Å². The Morgan fingerprint density at radius 3 is 3.00 bits per heavy atom. The molecule has 6 heteroatoms. The fraction of sp³-hybridized carbons (Fsp3) is 0. The molecule has 0 saturated carbocycles. The minimum absolute atomic E-state index is 0.227. The van der Waals surface area contributed by atoms with E-state index in [-0.39, 0.29) is 5.75 Å². The van der Waals surface area contributed by atoms with Crippen molar-refractivity contribution in [3.63, 3.8) is 0 Å². The molecule has 0 saturated heterocycles. The van der Waals surface area contributed by atoms with Gasteiger partial charge in [0.05, 0.1) is 0 Å². The zero-order valence-corrected chi connectivity index (χ0v) is 6.43. The molecule has 1 rings (SSSR count). The molecule has 68 valence electrons. The van der Waals surface area contributed by atoms with Crippen LogP contribution < -0.4 is 4.74 Å². The fourth-order valence-electron chi connectivity index (χ4n) is 0.650. The van der Waals surface area contributed by atoms with Gasteiger partial charge in [0, 0.05) is 12.1 Å². The smallest absolute Gasteiger partial charge is 0.412 e. The lowest BCUT2D eigenvalue weighted by atomic mass is 10.5. The molecule has 1 aromatic rings. The standard InChI is InChI=1S/C7H5NO5/c1-2-6(9)13-5-3-4-12-7(5)8(10)11/h2-4H,1H2. The molecule has 0 fully saturated rings. The van der Waals surface area contributed by atoms with Gasteiger partial charge in [-0.05, 0) is 0 Å². The first-order valence-electron chi connectivity index (χ1n) is 3.21. The predicted octanol–water partition coefficient (Wildman–Crippen LogP) is 1.28. The normalized spacial score (nSPS) is 9.23. The second-order valence-corrected chi connectivity index (χ2v) is 1.97. The molecule has 1 heterocycles. The topological polar surface area (TPSA) is 82.6 Å². The molecule has 1 aromatic heterocycles. The zero-order valence-electron chi connectivity index (χ0n) is 6.43. The fourth-order valence-corrected chi connectivity index (χ4v) is 0.650. The van der Waals surface area contributed by atoms with E-state index in [1.165, 1.54) is 6.07 Å². The maximum absolute atomic E-state index is 10.6. The van der Waals surface area contributed by atoms with Gasteiger partial charge in [-0.3, -0.25) is 10.1 Å². The van der Waals surface area contributed by atoms with Crippen molar-refractivity contribution in [2.75, 3.05) is 0 Å². The first-order valence-corrected chi connectivity index (χ1v) is 3.21. The van der Waals surface area contributed by atoms with Crippen molar-refractivity contribution >= 4 is 11.9 Å². The van der Waals surface area contributed by atoms with Crippen LogP contribution in [0.1, 0.15) is 0 Å². The Bertz CT molecular complexity index is 354. The van der Waals surface area contributed by atoms with Gasteiger partial charge in [0.2, 0.25) is 0 Å². The van der Waals surface area contributed by atoms with E-state index in [0.29, 0.717) is 0 Å². The summed E-state index contributed by atoms with van der Waals surface area (Å²) >= 11 is 0. The summed E-state index contributed by atoms with van der Waals surface area (Å²) in [5.41, 5.74) is 0. The summed E-state index contributed by atoms with van der Waals surface area (Å²) in [5, 5.41) is 10.2. The number of carbonyl (C=O) groups is 1. The van der Waals surface area contributed by atoms with Gasteiger partial charge in [0.1, 0.15) is 11.2 Å². The number of esters is 1. The number of hydrogen-bond donors (Lipinski definition) is 0. The Kier molecular flexibility index (Phi) is 2.44. The van der Waals surface area contributed by atoms with E-state index in [1.54, 1.807) is 0 Å². The Labute approximate surface area is 72.6 Å². The lowest BCUT2D eigenvalue weighted by Crippen LogP contribution is -2.03. The third-order valence-electron chi connectivity index (χ3n) is 1.15. The van der Waals surface area contributed by atoms with Crippen LogP contribution in [0.5, 0.6) is 5.75 Å².